The van der Waals surface area contributed by atoms with E-state index in [1.165, 1.54) is 12.1 Å². The standard InChI is InChI=1S/C19H31FN4O2S/c1-5-21-18(24-12-13-27(25,26)19(2,3)15-24)22-10-7-11-23(4)17-9-6-8-16(20)14-17/h6,8-9,14H,5,7,10-13,15H2,1-4H3,(H,21,22). The Morgan fingerprint density at radius 1 is 1.41 bits per heavy atom. The molecule has 1 aliphatic heterocycles. The van der Waals surface area contributed by atoms with Crippen LogP contribution >= 0.6 is 0 Å². The van der Waals surface area contributed by atoms with Crippen LogP contribution in [0.15, 0.2) is 29.3 Å². The fourth-order valence-corrected chi connectivity index (χ4v) is 4.45. The van der Waals surface area contributed by atoms with Crippen LogP contribution < -0.4 is 10.2 Å². The van der Waals surface area contributed by atoms with E-state index in [-0.39, 0.29) is 11.6 Å². The van der Waals surface area contributed by atoms with Gasteiger partial charge in [-0.1, -0.05) is 6.07 Å². The highest BCUT2D eigenvalue weighted by Gasteiger charge is 2.40. The molecule has 1 saturated heterocycles. The summed E-state index contributed by atoms with van der Waals surface area (Å²) >= 11 is 0. The van der Waals surface area contributed by atoms with Gasteiger partial charge in [0.05, 0.1) is 10.5 Å². The van der Waals surface area contributed by atoms with E-state index in [0.29, 0.717) is 19.6 Å². The van der Waals surface area contributed by atoms with Crippen molar-refractivity contribution in [3.05, 3.63) is 30.1 Å². The van der Waals surface area contributed by atoms with Crippen molar-refractivity contribution in [2.45, 2.75) is 31.9 Å². The van der Waals surface area contributed by atoms with Crippen LogP contribution in [0.1, 0.15) is 27.2 Å². The van der Waals surface area contributed by atoms with E-state index in [9.17, 15) is 12.8 Å². The monoisotopic (exact) mass is 398 g/mol. The molecule has 8 heteroatoms. The number of nitrogens with one attached hydrogen (secondary N) is 1. The lowest BCUT2D eigenvalue weighted by atomic mass is 10.2. The molecular weight excluding hydrogens is 367 g/mol. The highest BCUT2D eigenvalue weighted by atomic mass is 32.2. The van der Waals surface area contributed by atoms with Crippen LogP contribution in [0, 0.1) is 5.82 Å². The fourth-order valence-electron chi connectivity index (χ4n) is 3.09. The Hall–Kier alpha value is -1.83. The molecule has 152 valence electrons. The molecular formula is C19H31FN4O2S. The zero-order valence-electron chi connectivity index (χ0n) is 16.7. The third-order valence-electron chi connectivity index (χ3n) is 4.84. The molecule has 0 aliphatic carbocycles. The predicted octanol–water partition coefficient (Wildman–Crippen LogP) is 2.13. The number of halogens is 1. The summed E-state index contributed by atoms with van der Waals surface area (Å²) in [5.41, 5.74) is 0.842. The Morgan fingerprint density at radius 2 is 2.15 bits per heavy atom. The van der Waals surface area contributed by atoms with Crippen molar-refractivity contribution in [1.29, 1.82) is 0 Å². The van der Waals surface area contributed by atoms with Gasteiger partial charge in [-0.2, -0.15) is 0 Å². The maximum atomic E-state index is 13.3. The molecule has 0 unspecified atom stereocenters. The molecule has 0 radical (unpaired) electrons. The van der Waals surface area contributed by atoms with Gasteiger partial charge in [0, 0.05) is 45.5 Å². The summed E-state index contributed by atoms with van der Waals surface area (Å²) in [6.07, 6.45) is 0.817. The van der Waals surface area contributed by atoms with Gasteiger partial charge in [0.1, 0.15) is 5.82 Å². The first-order chi connectivity index (χ1) is 12.7. The molecule has 1 N–H and O–H groups in total. The van der Waals surface area contributed by atoms with Gasteiger partial charge in [-0.25, -0.2) is 12.8 Å². The van der Waals surface area contributed by atoms with Gasteiger partial charge in [0.2, 0.25) is 0 Å². The SMILES string of the molecule is CCNC(=NCCCN(C)c1cccc(F)c1)N1CCS(=O)(=O)C(C)(C)C1. The molecule has 0 atom stereocenters. The van der Waals surface area contributed by atoms with Crippen molar-refractivity contribution >= 4 is 21.5 Å². The third kappa shape index (κ3) is 5.57. The van der Waals surface area contributed by atoms with E-state index in [0.717, 1.165) is 31.2 Å². The van der Waals surface area contributed by atoms with Crippen molar-refractivity contribution in [3.8, 4) is 0 Å². The first-order valence-electron chi connectivity index (χ1n) is 9.38. The Kier molecular flexibility index (Phi) is 7.08. The van der Waals surface area contributed by atoms with E-state index >= 15 is 0 Å². The topological polar surface area (TPSA) is 65.0 Å². The van der Waals surface area contributed by atoms with E-state index in [2.05, 4.69) is 10.3 Å². The summed E-state index contributed by atoms with van der Waals surface area (Å²) in [6.45, 7) is 8.53. The minimum absolute atomic E-state index is 0.146. The summed E-state index contributed by atoms with van der Waals surface area (Å²) < 4.78 is 37.0. The second-order valence-electron chi connectivity index (χ2n) is 7.49. The highest BCUT2D eigenvalue weighted by molar-refractivity contribution is 7.92. The smallest absolute Gasteiger partial charge is 0.193 e. The summed E-state index contributed by atoms with van der Waals surface area (Å²) in [5, 5.41) is 3.26. The molecule has 1 fully saturated rings. The van der Waals surface area contributed by atoms with Crippen molar-refractivity contribution < 1.29 is 12.8 Å². The Labute approximate surface area is 162 Å². The van der Waals surface area contributed by atoms with Crippen molar-refractivity contribution in [2.24, 2.45) is 4.99 Å². The number of guanidine groups is 1. The van der Waals surface area contributed by atoms with Gasteiger partial charge in [-0.05, 0) is 45.4 Å². The van der Waals surface area contributed by atoms with Gasteiger partial charge in [-0.3, -0.25) is 4.99 Å². The van der Waals surface area contributed by atoms with Crippen molar-refractivity contribution in [1.82, 2.24) is 10.2 Å². The minimum atomic E-state index is -3.07. The van der Waals surface area contributed by atoms with Crippen LogP contribution in [0.2, 0.25) is 0 Å². The van der Waals surface area contributed by atoms with E-state index in [1.54, 1.807) is 19.9 Å². The molecule has 27 heavy (non-hydrogen) atoms. The van der Waals surface area contributed by atoms with Gasteiger partial charge in [0.25, 0.3) is 0 Å². The lowest BCUT2D eigenvalue weighted by molar-refractivity contribution is 0.353. The summed E-state index contributed by atoms with van der Waals surface area (Å²) in [4.78, 5) is 8.70. The van der Waals surface area contributed by atoms with Gasteiger partial charge in [0.15, 0.2) is 15.8 Å². The number of benzene rings is 1. The Balaban J connectivity index is 1.94. The number of hydrogen-bond acceptors (Lipinski definition) is 4. The van der Waals surface area contributed by atoms with Gasteiger partial charge in [-0.15, -0.1) is 0 Å². The second kappa shape index (κ2) is 8.91. The maximum Gasteiger partial charge on any atom is 0.193 e. The lowest BCUT2D eigenvalue weighted by Gasteiger charge is -2.39. The number of sulfone groups is 1. The van der Waals surface area contributed by atoms with Crippen LogP contribution in [0.4, 0.5) is 10.1 Å². The van der Waals surface area contributed by atoms with Crippen LogP contribution in [-0.2, 0) is 9.84 Å². The number of hydrogen-bond donors (Lipinski definition) is 1. The van der Waals surface area contributed by atoms with Crippen LogP contribution in [0.3, 0.4) is 0 Å². The van der Waals surface area contributed by atoms with Gasteiger partial charge >= 0.3 is 0 Å². The fraction of sp³-hybridized carbons (Fsp3) is 0.632. The zero-order valence-corrected chi connectivity index (χ0v) is 17.5. The average molecular weight is 399 g/mol. The first kappa shape index (κ1) is 21.5. The molecule has 0 bridgehead atoms. The van der Waals surface area contributed by atoms with E-state index in [1.807, 2.05) is 29.8 Å². The molecule has 1 aromatic carbocycles. The Bertz CT molecular complexity index is 765. The molecule has 0 aromatic heterocycles. The van der Waals surface area contributed by atoms with Gasteiger partial charge < -0.3 is 15.1 Å². The maximum absolute atomic E-state index is 13.3. The molecule has 1 aliphatic rings. The molecule has 0 amide bonds. The summed E-state index contributed by atoms with van der Waals surface area (Å²) in [6, 6.07) is 6.54. The largest absolute Gasteiger partial charge is 0.374 e. The molecule has 0 saturated carbocycles. The number of nitrogens with zero attached hydrogens (tertiary/aromatic N) is 3. The second-order valence-corrected chi connectivity index (χ2v) is 10.2. The first-order valence-corrected chi connectivity index (χ1v) is 11.0. The molecule has 1 heterocycles. The average Bonchev–Trinajstić information content (AvgIpc) is 2.60. The van der Waals surface area contributed by atoms with Crippen LogP contribution in [-0.4, -0.2) is 69.5 Å². The zero-order chi connectivity index (χ0) is 20.1. The third-order valence-corrected chi connectivity index (χ3v) is 7.37. The van der Waals surface area contributed by atoms with Crippen LogP contribution in [0.25, 0.3) is 0 Å². The molecule has 2 rings (SSSR count). The quantitative estimate of drug-likeness (QED) is 0.452. The summed E-state index contributed by atoms with van der Waals surface area (Å²) in [5.74, 6) is 0.663. The number of aliphatic imine (C=N–C) groups is 1. The number of anilines is 1. The van der Waals surface area contributed by atoms with Crippen LogP contribution in [0.5, 0.6) is 0 Å². The van der Waals surface area contributed by atoms with Crippen molar-refractivity contribution in [2.75, 3.05) is 50.4 Å². The van der Waals surface area contributed by atoms with Crippen molar-refractivity contribution in [3.63, 3.8) is 0 Å². The number of rotatable bonds is 6. The minimum Gasteiger partial charge on any atom is -0.374 e. The highest BCUT2D eigenvalue weighted by Crippen LogP contribution is 2.23. The normalized spacial score (nSPS) is 19.0. The summed E-state index contributed by atoms with van der Waals surface area (Å²) in [7, 11) is -1.14. The Morgan fingerprint density at radius 3 is 2.78 bits per heavy atom. The molecule has 6 nitrogen and oxygen atoms in total. The molecule has 1 aromatic rings. The lowest BCUT2D eigenvalue weighted by Crippen LogP contribution is -2.57. The molecule has 0 spiro atoms. The van der Waals surface area contributed by atoms with E-state index in [4.69, 9.17) is 0 Å². The predicted molar refractivity (Wildman–Crippen MR) is 110 cm³/mol. The van der Waals surface area contributed by atoms with E-state index < -0.39 is 14.6 Å².